The van der Waals surface area contributed by atoms with Crippen LogP contribution in [0.5, 0.6) is 0 Å². The first kappa shape index (κ1) is 31.7. The Hall–Kier alpha value is -6.26. The van der Waals surface area contributed by atoms with Crippen LogP contribution in [0.4, 0.5) is 0 Å². The molecule has 0 radical (unpaired) electrons. The fourth-order valence-electron chi connectivity index (χ4n) is 8.56. The van der Waals surface area contributed by atoms with Gasteiger partial charge >= 0.3 is 5.82 Å². The van der Waals surface area contributed by atoms with E-state index >= 15 is 0 Å². The Balaban J connectivity index is 1.41. The molecule has 2 unspecified atom stereocenters. The first-order valence-corrected chi connectivity index (χ1v) is 18.1. The lowest BCUT2D eigenvalue weighted by atomic mass is 9.78. The number of imidazole rings is 1. The number of allylic oxidation sites excluding steroid dienone is 3. The molecule has 0 saturated heterocycles. The Bertz CT molecular complexity index is 2630. The number of hydrogen-bond donors (Lipinski definition) is 0. The molecule has 4 heteroatoms. The average Bonchev–Trinajstić information content (AvgIpc) is 3.71. The Labute approximate surface area is 304 Å². The number of aromatic nitrogens is 2. The Morgan fingerprint density at radius 2 is 1.50 bits per heavy atom. The van der Waals surface area contributed by atoms with Crippen molar-refractivity contribution in [3.63, 3.8) is 0 Å². The molecule has 2 aliphatic rings. The number of rotatable bonds is 5. The maximum absolute atomic E-state index is 6.93. The molecule has 0 amide bonds. The predicted molar refractivity (Wildman–Crippen MR) is 215 cm³/mol. The lowest BCUT2D eigenvalue weighted by Crippen LogP contribution is -2.39. The standard InChI is InChI=1S/C48H40N3O/c1-5-33-28-29-39-37-22-10-11-23-38(37)40(6-2)49-41(39)30-31(3)50-43-25-15-16-26-44(43)51(42-24-14-12-21-36(42)34-18-8-7-9-19-34)48(50)46(33)47-32(4)35-20-13-17-27-45(35)52-47/h5-27,39,41H,1-3,28-30H2,4H3/q+1/b46-33-. The minimum absolute atomic E-state index is 0.00461. The largest absolute Gasteiger partial charge is 0.455 e. The van der Waals surface area contributed by atoms with E-state index in [4.69, 9.17) is 16.0 Å². The van der Waals surface area contributed by atoms with Crippen LogP contribution in [-0.4, -0.2) is 16.3 Å². The molecule has 4 heterocycles. The van der Waals surface area contributed by atoms with Crippen LogP contribution in [0.25, 0.3) is 50.1 Å². The highest BCUT2D eigenvalue weighted by Gasteiger charge is 2.40. The van der Waals surface area contributed by atoms with Gasteiger partial charge in [-0.25, -0.2) is 0 Å². The maximum Gasteiger partial charge on any atom is 0.304 e. The van der Waals surface area contributed by atoms with Crippen LogP contribution in [0, 0.1) is 6.92 Å². The highest BCUT2D eigenvalue weighted by Crippen LogP contribution is 2.44. The third-order valence-corrected chi connectivity index (χ3v) is 11.0. The molecule has 2 aromatic heterocycles. The fraction of sp³-hybridized carbons (Fsp3) is 0.125. The van der Waals surface area contributed by atoms with E-state index < -0.39 is 0 Å². The molecule has 0 N–H and O–H groups in total. The third-order valence-electron chi connectivity index (χ3n) is 11.0. The Kier molecular flexibility index (Phi) is 7.81. The summed E-state index contributed by atoms with van der Waals surface area (Å²) in [6.07, 6.45) is 6.31. The second kappa shape index (κ2) is 12.8. The van der Waals surface area contributed by atoms with Crippen LogP contribution in [0.2, 0.25) is 0 Å². The summed E-state index contributed by atoms with van der Waals surface area (Å²) in [5.41, 5.74) is 14.1. The van der Waals surface area contributed by atoms with Gasteiger partial charge in [-0.2, -0.15) is 9.13 Å². The first-order chi connectivity index (χ1) is 25.6. The number of benzene rings is 5. The molecule has 2 atom stereocenters. The van der Waals surface area contributed by atoms with Gasteiger partial charge in [0.2, 0.25) is 0 Å². The predicted octanol–water partition coefficient (Wildman–Crippen LogP) is 11.4. The number of aryl methyl sites for hydroxylation is 1. The molecule has 9 rings (SSSR count). The van der Waals surface area contributed by atoms with E-state index in [-0.39, 0.29) is 12.0 Å². The van der Waals surface area contributed by atoms with E-state index in [2.05, 4.69) is 151 Å². The van der Waals surface area contributed by atoms with Gasteiger partial charge in [0, 0.05) is 34.4 Å². The normalized spacial score (nSPS) is 18.7. The molecular weight excluding hydrogens is 635 g/mol. The number of fused-ring (bicyclic) bond motifs is 7. The highest BCUT2D eigenvalue weighted by atomic mass is 16.3. The molecule has 0 bridgehead atoms. The number of nitrogens with zero attached hydrogens (tertiary/aromatic N) is 3. The second-order valence-corrected chi connectivity index (χ2v) is 13.8. The minimum Gasteiger partial charge on any atom is -0.455 e. The smallest absolute Gasteiger partial charge is 0.304 e. The molecule has 252 valence electrons. The molecule has 0 saturated carbocycles. The van der Waals surface area contributed by atoms with Crippen molar-refractivity contribution >= 4 is 39.0 Å². The van der Waals surface area contributed by atoms with Crippen LogP contribution in [0.15, 0.2) is 174 Å². The topological polar surface area (TPSA) is 34.3 Å². The van der Waals surface area contributed by atoms with Gasteiger partial charge in [0.25, 0.3) is 0 Å². The van der Waals surface area contributed by atoms with Gasteiger partial charge in [-0.1, -0.05) is 129 Å². The quantitative estimate of drug-likeness (QED) is 0.167. The van der Waals surface area contributed by atoms with E-state index in [1.54, 1.807) is 0 Å². The van der Waals surface area contributed by atoms with Crippen molar-refractivity contribution in [1.82, 2.24) is 4.57 Å². The number of furan rings is 1. The van der Waals surface area contributed by atoms with Crippen molar-refractivity contribution in [3.05, 3.63) is 193 Å². The summed E-state index contributed by atoms with van der Waals surface area (Å²) in [6.45, 7) is 15.7. The van der Waals surface area contributed by atoms with Crippen molar-refractivity contribution in [2.75, 3.05) is 0 Å². The summed E-state index contributed by atoms with van der Waals surface area (Å²) in [6, 6.07) is 45.0. The molecule has 5 aromatic carbocycles. The second-order valence-electron chi connectivity index (χ2n) is 13.8. The summed E-state index contributed by atoms with van der Waals surface area (Å²) in [5, 5.41) is 1.11. The van der Waals surface area contributed by atoms with Gasteiger partial charge in [0.1, 0.15) is 28.3 Å². The molecule has 7 aromatic rings. The van der Waals surface area contributed by atoms with E-state index in [1.165, 1.54) is 11.1 Å². The Morgan fingerprint density at radius 3 is 2.31 bits per heavy atom. The summed E-state index contributed by atoms with van der Waals surface area (Å²) in [5.74, 6) is 2.04. The molecular formula is C48H40N3O+. The van der Waals surface area contributed by atoms with Crippen molar-refractivity contribution in [3.8, 4) is 16.8 Å². The van der Waals surface area contributed by atoms with Crippen LogP contribution in [-0.2, 0) is 0 Å². The van der Waals surface area contributed by atoms with Gasteiger partial charge in [0.05, 0.1) is 11.8 Å². The zero-order chi connectivity index (χ0) is 35.3. The van der Waals surface area contributed by atoms with E-state index in [1.807, 2.05) is 18.2 Å². The van der Waals surface area contributed by atoms with Crippen LogP contribution in [0.1, 0.15) is 53.5 Å². The van der Waals surface area contributed by atoms with E-state index in [0.717, 1.165) is 91.4 Å². The van der Waals surface area contributed by atoms with Gasteiger partial charge in [-0.3, -0.25) is 4.99 Å². The average molecular weight is 675 g/mol. The first-order valence-electron chi connectivity index (χ1n) is 18.1. The molecule has 4 nitrogen and oxygen atoms in total. The summed E-state index contributed by atoms with van der Waals surface area (Å²) in [4.78, 5) is 5.39. The third kappa shape index (κ3) is 4.97. The SMILES string of the molecule is C=CC1=NC2CC(=C)[n+]3c(n(-c4ccccc4-c4ccccc4)c4ccccc43)/C(c3oc4ccccc4c3C)=C(/C=C)CCC2c2ccccc21. The number of para-hydroxylation sites is 4. The molecule has 0 aliphatic carbocycles. The zero-order valence-corrected chi connectivity index (χ0v) is 29.4. The van der Waals surface area contributed by atoms with E-state index in [0.29, 0.717) is 6.42 Å². The Morgan fingerprint density at radius 1 is 0.788 bits per heavy atom. The van der Waals surface area contributed by atoms with Crippen molar-refractivity contribution in [1.29, 1.82) is 0 Å². The zero-order valence-electron chi connectivity index (χ0n) is 29.4. The van der Waals surface area contributed by atoms with E-state index in [9.17, 15) is 0 Å². The van der Waals surface area contributed by atoms with Gasteiger partial charge in [-0.15, -0.1) is 0 Å². The molecule has 0 fully saturated rings. The fourth-order valence-corrected chi connectivity index (χ4v) is 8.56. The number of hydrogen-bond acceptors (Lipinski definition) is 2. The summed E-state index contributed by atoms with van der Waals surface area (Å²) < 4.78 is 11.7. The molecule has 2 aliphatic heterocycles. The summed E-state index contributed by atoms with van der Waals surface area (Å²) >= 11 is 0. The highest BCUT2D eigenvalue weighted by molar-refractivity contribution is 6.10. The number of aliphatic imine (C=N–C) groups is 1. The van der Waals surface area contributed by atoms with Crippen molar-refractivity contribution in [2.45, 2.75) is 38.1 Å². The molecule has 52 heavy (non-hydrogen) atoms. The minimum atomic E-state index is -0.00461. The lowest BCUT2D eigenvalue weighted by molar-refractivity contribution is -0.558. The van der Waals surface area contributed by atoms with Gasteiger partial charge in [-0.05, 0) is 66.8 Å². The van der Waals surface area contributed by atoms with Gasteiger partial charge in [0.15, 0.2) is 11.0 Å². The van der Waals surface area contributed by atoms with Crippen LogP contribution in [0.3, 0.4) is 0 Å². The van der Waals surface area contributed by atoms with Crippen LogP contribution < -0.4 is 4.57 Å². The van der Waals surface area contributed by atoms with Crippen molar-refractivity contribution in [2.24, 2.45) is 4.99 Å². The van der Waals surface area contributed by atoms with Crippen molar-refractivity contribution < 1.29 is 8.98 Å². The lowest BCUT2D eigenvalue weighted by Gasteiger charge is -2.32. The monoisotopic (exact) mass is 674 g/mol. The maximum atomic E-state index is 6.93. The van der Waals surface area contributed by atoms with Crippen LogP contribution >= 0.6 is 0 Å². The van der Waals surface area contributed by atoms with Gasteiger partial charge < -0.3 is 4.42 Å². The summed E-state index contributed by atoms with van der Waals surface area (Å²) in [7, 11) is 0. The molecule has 0 spiro atoms.